The van der Waals surface area contributed by atoms with Crippen LogP contribution in [0.3, 0.4) is 0 Å². The predicted molar refractivity (Wildman–Crippen MR) is 239 cm³/mol. The van der Waals surface area contributed by atoms with E-state index in [1.54, 1.807) is 24.4 Å². The first kappa shape index (κ1) is 43.0. The summed E-state index contributed by atoms with van der Waals surface area (Å²) in [5, 5.41) is 16.7. The molecule has 17 heteroatoms. The van der Waals surface area contributed by atoms with E-state index < -0.39 is 37.5 Å². The van der Waals surface area contributed by atoms with Crippen LogP contribution in [0.15, 0.2) is 89.6 Å². The molecule has 0 spiro atoms. The van der Waals surface area contributed by atoms with Crippen LogP contribution in [0.25, 0.3) is 16.6 Å². The number of pyridine rings is 1. The zero-order valence-electron chi connectivity index (χ0n) is 35.1. The second-order valence-electron chi connectivity index (χ2n) is 17.1. The number of carbonyl (C=O) groups excluding carboxylic acids is 1. The Morgan fingerprint density at radius 1 is 1.08 bits per heavy atom. The zero-order valence-corrected chi connectivity index (χ0v) is 36.6. The molecule has 3 aliphatic rings. The van der Waals surface area contributed by atoms with Gasteiger partial charge in [-0.1, -0.05) is 43.2 Å². The van der Waals surface area contributed by atoms with Gasteiger partial charge in [-0.05, 0) is 86.1 Å². The number of amides is 1. The van der Waals surface area contributed by atoms with Crippen molar-refractivity contribution in [1.29, 1.82) is 0 Å². The number of benzene rings is 3. The number of aromatic nitrogens is 2. The number of sulfonamides is 1. The fraction of sp³-hybridized carbons (Fsp3) is 0.378. The number of nitro benzene ring substituents is 1. The minimum absolute atomic E-state index is 0.0294. The number of allylic oxidation sites excluding steroid dienone is 1. The molecular formula is C45H50ClN7O8S. The number of nitro groups is 1. The standard InChI is InChI=1S/C45H50ClN7O8S/c1-28(2)59-26-33-27-60-41-22-36(21-39(53(55)56)42(41)49-33)62(57,58)50-44(54)37-10-9-34(20-40(37)61-35-19-30-12-14-47-43(30)48-24-35)52-17-15-51(16-18-52)25-31-11-13-45(3,4)23-38(31)29-5-7-32(46)8-6-29/h5-10,12,14,19-22,24,28,33,49H,11,13,15-18,23,25-27H2,1-4H3,(H,47,48)(H,50,54)/t33-/m1/s1. The molecule has 0 unspecified atom stereocenters. The number of hydrogen-bond acceptors (Lipinski definition) is 12. The van der Waals surface area contributed by atoms with Crippen molar-refractivity contribution in [2.24, 2.45) is 5.41 Å². The summed E-state index contributed by atoms with van der Waals surface area (Å²) in [7, 11) is -4.66. The molecule has 1 atom stereocenters. The number of piperazine rings is 1. The van der Waals surface area contributed by atoms with E-state index in [0.29, 0.717) is 24.5 Å². The maximum Gasteiger partial charge on any atom is 0.297 e. The Morgan fingerprint density at radius 3 is 2.60 bits per heavy atom. The summed E-state index contributed by atoms with van der Waals surface area (Å²) < 4.78 is 47.5. The number of hydrogen-bond donors (Lipinski definition) is 3. The number of nitrogens with one attached hydrogen (secondary N) is 3. The highest BCUT2D eigenvalue weighted by molar-refractivity contribution is 7.90. The summed E-state index contributed by atoms with van der Waals surface area (Å²) in [4.78, 5) is 37.1. The average molecular weight is 884 g/mol. The molecule has 62 heavy (non-hydrogen) atoms. The number of aromatic amines is 1. The molecule has 0 bridgehead atoms. The van der Waals surface area contributed by atoms with Gasteiger partial charge in [0.05, 0.1) is 40.3 Å². The van der Waals surface area contributed by atoms with Gasteiger partial charge in [0, 0.05) is 73.2 Å². The zero-order chi connectivity index (χ0) is 43.8. The molecule has 2 aromatic heterocycles. The number of rotatable bonds is 13. The lowest BCUT2D eigenvalue weighted by Crippen LogP contribution is -2.47. The summed E-state index contributed by atoms with van der Waals surface area (Å²) in [6, 6.07) is 18.4. The highest BCUT2D eigenvalue weighted by Gasteiger charge is 2.33. The third-order valence-electron chi connectivity index (χ3n) is 11.6. The molecular weight excluding hydrogens is 834 g/mol. The van der Waals surface area contributed by atoms with Crippen molar-refractivity contribution >= 4 is 61.2 Å². The van der Waals surface area contributed by atoms with Crippen LogP contribution < -0.4 is 24.4 Å². The van der Waals surface area contributed by atoms with Crippen molar-refractivity contribution < 1.29 is 32.3 Å². The van der Waals surface area contributed by atoms with Crippen LogP contribution in [0.5, 0.6) is 17.2 Å². The van der Waals surface area contributed by atoms with Crippen LogP contribution in [0, 0.1) is 15.5 Å². The first-order valence-corrected chi connectivity index (χ1v) is 22.6. The Morgan fingerprint density at radius 2 is 1.85 bits per heavy atom. The van der Waals surface area contributed by atoms with Gasteiger partial charge in [-0.25, -0.2) is 18.1 Å². The lowest BCUT2D eigenvalue weighted by atomic mass is 9.72. The van der Waals surface area contributed by atoms with Crippen LogP contribution in [0.4, 0.5) is 17.1 Å². The molecule has 8 rings (SSSR count). The van der Waals surface area contributed by atoms with Crippen molar-refractivity contribution in [3.05, 3.63) is 111 Å². The van der Waals surface area contributed by atoms with Crippen molar-refractivity contribution in [3.63, 3.8) is 0 Å². The molecule has 4 heterocycles. The monoisotopic (exact) mass is 883 g/mol. The Balaban J connectivity index is 1.02. The minimum atomic E-state index is -4.66. The fourth-order valence-corrected chi connectivity index (χ4v) is 9.31. The molecule has 0 saturated carbocycles. The molecule has 326 valence electrons. The lowest BCUT2D eigenvalue weighted by molar-refractivity contribution is -0.384. The highest BCUT2D eigenvalue weighted by Crippen LogP contribution is 2.44. The average Bonchev–Trinajstić information content (AvgIpc) is 3.71. The molecule has 5 aromatic rings. The second kappa shape index (κ2) is 17.6. The number of carbonyl (C=O) groups is 1. The van der Waals surface area contributed by atoms with Crippen LogP contribution in [0.1, 0.15) is 62.9 Å². The topological polar surface area (TPSA) is 181 Å². The summed E-state index contributed by atoms with van der Waals surface area (Å²) in [6.07, 6.45) is 6.38. The number of fused-ring (bicyclic) bond motifs is 2. The van der Waals surface area contributed by atoms with E-state index >= 15 is 0 Å². The maximum absolute atomic E-state index is 14.0. The van der Waals surface area contributed by atoms with Gasteiger partial charge in [-0.2, -0.15) is 0 Å². The first-order valence-electron chi connectivity index (χ1n) is 20.7. The summed E-state index contributed by atoms with van der Waals surface area (Å²) in [6.45, 7) is 12.6. The number of H-pyrrole nitrogens is 1. The molecule has 3 aromatic carbocycles. The molecule has 1 fully saturated rings. The van der Waals surface area contributed by atoms with E-state index in [1.165, 1.54) is 29.0 Å². The van der Waals surface area contributed by atoms with Gasteiger partial charge in [0.1, 0.15) is 23.8 Å². The quantitative estimate of drug-likeness (QED) is 0.0760. The number of halogens is 1. The molecule has 1 aliphatic carbocycles. The molecule has 2 aliphatic heterocycles. The van der Waals surface area contributed by atoms with E-state index in [1.807, 2.05) is 32.0 Å². The van der Waals surface area contributed by atoms with E-state index in [0.717, 1.165) is 67.1 Å². The second-order valence-corrected chi connectivity index (χ2v) is 19.2. The van der Waals surface area contributed by atoms with Gasteiger partial charge in [-0.15, -0.1) is 0 Å². The van der Waals surface area contributed by atoms with Crippen LogP contribution in [0.2, 0.25) is 5.02 Å². The summed E-state index contributed by atoms with van der Waals surface area (Å²) in [5.41, 5.74) is 5.20. The largest absolute Gasteiger partial charge is 0.489 e. The minimum Gasteiger partial charge on any atom is -0.489 e. The van der Waals surface area contributed by atoms with Gasteiger partial charge >= 0.3 is 0 Å². The highest BCUT2D eigenvalue weighted by atomic mass is 35.5. The van der Waals surface area contributed by atoms with Gasteiger partial charge < -0.3 is 29.4 Å². The summed E-state index contributed by atoms with van der Waals surface area (Å²) >= 11 is 6.24. The van der Waals surface area contributed by atoms with Crippen molar-refractivity contribution in [3.8, 4) is 17.2 Å². The van der Waals surface area contributed by atoms with E-state index in [9.17, 15) is 23.3 Å². The lowest BCUT2D eigenvalue weighted by Gasteiger charge is -2.39. The maximum atomic E-state index is 14.0. The molecule has 1 amide bonds. The molecule has 3 N–H and O–H groups in total. The smallest absolute Gasteiger partial charge is 0.297 e. The number of anilines is 2. The molecule has 1 saturated heterocycles. The van der Waals surface area contributed by atoms with Crippen molar-refractivity contribution in [1.82, 2.24) is 19.6 Å². The Bertz CT molecular complexity index is 2640. The third-order valence-corrected chi connectivity index (χ3v) is 13.1. The predicted octanol–water partition coefficient (Wildman–Crippen LogP) is 8.42. The SMILES string of the molecule is CC(C)OC[C@@H]1COc2cc(S(=O)(=O)NC(=O)c3ccc(N4CCN(CC5=C(c6ccc(Cl)cc6)CC(C)(C)CC5)CC4)cc3Oc3cnc4[nH]ccc4c3)cc([N+](=O)[O-])c2N1. The van der Waals surface area contributed by atoms with Crippen LogP contribution in [-0.4, -0.2) is 92.2 Å². The van der Waals surface area contributed by atoms with E-state index in [2.05, 4.69) is 55.8 Å². The van der Waals surface area contributed by atoms with Crippen molar-refractivity contribution in [2.75, 3.05) is 56.2 Å². The Hall–Kier alpha value is -5.68. The van der Waals surface area contributed by atoms with Crippen molar-refractivity contribution in [2.45, 2.75) is 64.0 Å². The Labute approximate surface area is 365 Å². The van der Waals surface area contributed by atoms with E-state index in [-0.39, 0.29) is 47.5 Å². The third kappa shape index (κ3) is 9.68. The Kier molecular flexibility index (Phi) is 12.2. The van der Waals surface area contributed by atoms with E-state index in [4.69, 9.17) is 25.8 Å². The number of nitrogens with zero attached hydrogens (tertiary/aromatic N) is 4. The molecule has 15 nitrogen and oxygen atoms in total. The van der Waals surface area contributed by atoms with Crippen LogP contribution in [-0.2, 0) is 14.8 Å². The van der Waals surface area contributed by atoms with Gasteiger partial charge in [0.2, 0.25) is 0 Å². The first-order chi connectivity index (χ1) is 29.6. The van der Waals surface area contributed by atoms with Crippen LogP contribution >= 0.6 is 11.6 Å². The van der Waals surface area contributed by atoms with Gasteiger partial charge in [-0.3, -0.25) is 19.8 Å². The van der Waals surface area contributed by atoms with Gasteiger partial charge in [0.25, 0.3) is 21.6 Å². The fourth-order valence-electron chi connectivity index (χ4n) is 8.18. The van der Waals surface area contributed by atoms with Gasteiger partial charge in [0.15, 0.2) is 11.4 Å². The summed E-state index contributed by atoms with van der Waals surface area (Å²) in [5.74, 6) is -0.577. The number of ether oxygens (including phenoxy) is 3. The normalized spacial score (nSPS) is 18.0. The molecule has 0 radical (unpaired) electrons.